The molecule has 1 atom stereocenters. The lowest BCUT2D eigenvalue weighted by Gasteiger charge is -2.11. The van der Waals surface area contributed by atoms with Gasteiger partial charge < -0.3 is 5.11 Å². The van der Waals surface area contributed by atoms with Crippen LogP contribution in [0.3, 0.4) is 0 Å². The second kappa shape index (κ2) is 6.87. The molecule has 0 radical (unpaired) electrons. The minimum Gasteiger partial charge on any atom is -0.388 e. The van der Waals surface area contributed by atoms with Crippen molar-refractivity contribution >= 4 is 46.6 Å². The highest BCUT2D eigenvalue weighted by molar-refractivity contribution is 7.99. The predicted molar refractivity (Wildman–Crippen MR) is 83.6 cm³/mol. The van der Waals surface area contributed by atoms with Crippen molar-refractivity contribution in [3.8, 4) is 0 Å². The van der Waals surface area contributed by atoms with E-state index in [0.717, 1.165) is 10.5 Å². The van der Waals surface area contributed by atoms with Gasteiger partial charge in [0.2, 0.25) is 0 Å². The molecule has 100 valence electrons. The first-order valence-corrected chi connectivity index (χ1v) is 7.69. The molecule has 0 saturated heterocycles. The minimum absolute atomic E-state index is 0.453. The maximum atomic E-state index is 10.1. The van der Waals surface area contributed by atoms with Crippen LogP contribution >= 0.6 is 46.6 Å². The molecule has 2 aromatic rings. The molecule has 0 aromatic heterocycles. The first-order chi connectivity index (χ1) is 9.06. The van der Waals surface area contributed by atoms with Crippen LogP contribution in [-0.2, 0) is 0 Å². The van der Waals surface area contributed by atoms with Crippen molar-refractivity contribution in [2.24, 2.45) is 0 Å². The fourth-order valence-corrected chi connectivity index (χ4v) is 2.83. The van der Waals surface area contributed by atoms with Crippen molar-refractivity contribution in [2.75, 3.05) is 5.75 Å². The van der Waals surface area contributed by atoms with Gasteiger partial charge in [-0.2, -0.15) is 0 Å². The van der Waals surface area contributed by atoms with Gasteiger partial charge in [0, 0.05) is 15.7 Å². The van der Waals surface area contributed by atoms with Gasteiger partial charge in [-0.3, -0.25) is 0 Å². The first kappa shape index (κ1) is 15.0. The zero-order valence-corrected chi connectivity index (χ0v) is 12.9. The Kier molecular flexibility index (Phi) is 5.43. The van der Waals surface area contributed by atoms with Crippen molar-refractivity contribution in [2.45, 2.75) is 11.0 Å². The highest BCUT2D eigenvalue weighted by atomic mass is 35.5. The van der Waals surface area contributed by atoms with E-state index in [-0.39, 0.29) is 0 Å². The van der Waals surface area contributed by atoms with Crippen LogP contribution in [-0.4, -0.2) is 10.9 Å². The first-order valence-electron chi connectivity index (χ1n) is 5.57. The molecule has 0 bridgehead atoms. The number of aliphatic hydroxyl groups is 1. The molecule has 1 N–H and O–H groups in total. The molecule has 2 rings (SSSR count). The summed E-state index contributed by atoms with van der Waals surface area (Å²) in [6.07, 6.45) is -0.588. The SMILES string of the molecule is OC(CSc1ccc(Cl)cc1)c1ccc(Cl)c(Cl)c1. The third-order valence-corrected chi connectivity index (χ3v) is 4.63. The van der Waals surface area contributed by atoms with Crippen LogP contribution in [0.25, 0.3) is 0 Å². The number of aliphatic hydroxyl groups excluding tert-OH is 1. The second-order valence-corrected chi connectivity index (χ2v) is 6.30. The van der Waals surface area contributed by atoms with E-state index in [9.17, 15) is 5.11 Å². The lowest BCUT2D eigenvalue weighted by molar-refractivity contribution is 0.204. The Morgan fingerprint density at radius 3 is 2.26 bits per heavy atom. The lowest BCUT2D eigenvalue weighted by Crippen LogP contribution is -2.00. The van der Waals surface area contributed by atoms with Crippen molar-refractivity contribution < 1.29 is 5.11 Å². The number of benzene rings is 2. The standard InChI is InChI=1S/C14H11Cl3OS/c15-10-2-4-11(5-3-10)19-8-14(18)9-1-6-12(16)13(17)7-9/h1-7,14,18H,8H2. The number of rotatable bonds is 4. The summed E-state index contributed by atoms with van der Waals surface area (Å²) < 4.78 is 0. The summed E-state index contributed by atoms with van der Waals surface area (Å²) in [6.45, 7) is 0. The topological polar surface area (TPSA) is 20.2 Å². The number of halogens is 3. The third-order valence-electron chi connectivity index (χ3n) is 2.55. The Labute approximate surface area is 131 Å². The molecule has 0 fully saturated rings. The van der Waals surface area contributed by atoms with E-state index in [0.29, 0.717) is 20.8 Å². The van der Waals surface area contributed by atoms with E-state index < -0.39 is 6.10 Å². The zero-order valence-electron chi connectivity index (χ0n) is 9.82. The van der Waals surface area contributed by atoms with Crippen LogP contribution in [0.4, 0.5) is 0 Å². The number of hydrogen-bond acceptors (Lipinski definition) is 2. The molecule has 5 heteroatoms. The quantitative estimate of drug-likeness (QED) is 0.748. The van der Waals surface area contributed by atoms with Gasteiger partial charge >= 0.3 is 0 Å². The summed E-state index contributed by atoms with van der Waals surface area (Å²) in [5.74, 6) is 0.541. The smallest absolute Gasteiger partial charge is 0.0884 e. The molecule has 0 heterocycles. The fourth-order valence-electron chi connectivity index (χ4n) is 1.52. The summed E-state index contributed by atoms with van der Waals surface area (Å²) in [7, 11) is 0. The van der Waals surface area contributed by atoms with E-state index in [1.54, 1.807) is 30.0 Å². The molecule has 0 spiro atoms. The summed E-state index contributed by atoms with van der Waals surface area (Å²) in [5.41, 5.74) is 0.760. The van der Waals surface area contributed by atoms with E-state index in [2.05, 4.69) is 0 Å². The highest BCUT2D eigenvalue weighted by Gasteiger charge is 2.10. The molecule has 0 saturated carbocycles. The molecule has 1 nitrogen and oxygen atoms in total. The lowest BCUT2D eigenvalue weighted by atomic mass is 10.1. The van der Waals surface area contributed by atoms with Crippen LogP contribution in [0.2, 0.25) is 15.1 Å². The summed E-state index contributed by atoms with van der Waals surface area (Å²) in [5, 5.41) is 11.7. The number of thioether (sulfide) groups is 1. The molecule has 19 heavy (non-hydrogen) atoms. The monoisotopic (exact) mass is 332 g/mol. The molecule has 0 aliphatic carbocycles. The largest absolute Gasteiger partial charge is 0.388 e. The fraction of sp³-hybridized carbons (Fsp3) is 0.143. The Morgan fingerprint density at radius 2 is 1.63 bits per heavy atom. The molecule has 0 aliphatic rings. The summed E-state index contributed by atoms with van der Waals surface area (Å²) in [4.78, 5) is 1.06. The Bertz CT molecular complexity index is 557. The van der Waals surface area contributed by atoms with Gasteiger partial charge in [-0.25, -0.2) is 0 Å². The van der Waals surface area contributed by atoms with Crippen LogP contribution in [0.1, 0.15) is 11.7 Å². The van der Waals surface area contributed by atoms with Gasteiger partial charge in [0.1, 0.15) is 0 Å². The maximum Gasteiger partial charge on any atom is 0.0884 e. The Balaban J connectivity index is 1.98. The van der Waals surface area contributed by atoms with E-state index in [4.69, 9.17) is 34.8 Å². The van der Waals surface area contributed by atoms with Crippen molar-refractivity contribution in [1.82, 2.24) is 0 Å². The maximum absolute atomic E-state index is 10.1. The van der Waals surface area contributed by atoms with Gasteiger partial charge in [-0.05, 0) is 42.0 Å². The normalized spacial score (nSPS) is 12.4. The highest BCUT2D eigenvalue weighted by Crippen LogP contribution is 2.29. The minimum atomic E-state index is -0.588. The van der Waals surface area contributed by atoms with E-state index in [1.807, 2.05) is 24.3 Å². The summed E-state index contributed by atoms with van der Waals surface area (Å²) >= 11 is 19.1. The average molecular weight is 334 g/mol. The van der Waals surface area contributed by atoms with E-state index >= 15 is 0 Å². The second-order valence-electron chi connectivity index (χ2n) is 3.95. The molecular weight excluding hydrogens is 323 g/mol. The van der Waals surface area contributed by atoms with Crippen LogP contribution < -0.4 is 0 Å². The average Bonchev–Trinajstić information content (AvgIpc) is 2.41. The molecule has 0 aliphatic heterocycles. The van der Waals surface area contributed by atoms with Gasteiger partial charge in [-0.1, -0.05) is 40.9 Å². The zero-order chi connectivity index (χ0) is 13.8. The molecule has 0 amide bonds. The molecule has 1 unspecified atom stereocenters. The van der Waals surface area contributed by atoms with Crippen molar-refractivity contribution in [3.05, 3.63) is 63.1 Å². The van der Waals surface area contributed by atoms with Crippen LogP contribution in [0, 0.1) is 0 Å². The van der Waals surface area contributed by atoms with Gasteiger partial charge in [-0.15, -0.1) is 11.8 Å². The number of hydrogen-bond donors (Lipinski definition) is 1. The van der Waals surface area contributed by atoms with Gasteiger partial charge in [0.15, 0.2) is 0 Å². The Hall–Kier alpha value is -0.380. The van der Waals surface area contributed by atoms with Crippen molar-refractivity contribution in [1.29, 1.82) is 0 Å². The Morgan fingerprint density at radius 1 is 0.947 bits per heavy atom. The van der Waals surface area contributed by atoms with Crippen LogP contribution in [0.15, 0.2) is 47.4 Å². The van der Waals surface area contributed by atoms with E-state index in [1.165, 1.54) is 0 Å². The third kappa shape index (κ3) is 4.30. The van der Waals surface area contributed by atoms with Crippen molar-refractivity contribution in [3.63, 3.8) is 0 Å². The van der Waals surface area contributed by atoms with Crippen LogP contribution in [0.5, 0.6) is 0 Å². The van der Waals surface area contributed by atoms with Gasteiger partial charge in [0.25, 0.3) is 0 Å². The molecular formula is C14H11Cl3OS. The molecule has 2 aromatic carbocycles. The predicted octanol–water partition coefficient (Wildman–Crippen LogP) is 5.47. The van der Waals surface area contributed by atoms with Gasteiger partial charge in [0.05, 0.1) is 16.1 Å². The summed E-state index contributed by atoms with van der Waals surface area (Å²) in [6, 6.07) is 12.7.